The zero-order valence-electron chi connectivity index (χ0n) is 11.7. The average molecular weight is 318 g/mol. The van der Waals surface area contributed by atoms with Gasteiger partial charge in [0.05, 0.1) is 0 Å². The Labute approximate surface area is 124 Å². The van der Waals surface area contributed by atoms with Crippen LogP contribution in [0.1, 0.15) is 28.3 Å². The lowest BCUT2D eigenvalue weighted by Gasteiger charge is -2.19. The highest BCUT2D eigenvalue weighted by atomic mass is 79.9. The van der Waals surface area contributed by atoms with E-state index in [4.69, 9.17) is 0 Å². The van der Waals surface area contributed by atoms with Crippen molar-refractivity contribution in [2.45, 2.75) is 26.3 Å². The molecular formula is C17H20BrN. The highest BCUT2D eigenvalue weighted by Crippen LogP contribution is 2.28. The Morgan fingerprint density at radius 3 is 2.53 bits per heavy atom. The Balaban J connectivity index is 2.28. The van der Waals surface area contributed by atoms with Crippen LogP contribution in [-0.4, -0.2) is 7.05 Å². The largest absolute Gasteiger partial charge is 0.313 e. The van der Waals surface area contributed by atoms with E-state index >= 15 is 0 Å². The first-order chi connectivity index (χ1) is 9.11. The van der Waals surface area contributed by atoms with Crippen LogP contribution in [0.15, 0.2) is 46.9 Å². The number of benzene rings is 2. The summed E-state index contributed by atoms with van der Waals surface area (Å²) in [4.78, 5) is 0. The number of aryl methyl sites for hydroxylation is 2. The number of halogens is 1. The summed E-state index contributed by atoms with van der Waals surface area (Å²) in [6.45, 7) is 4.27. The summed E-state index contributed by atoms with van der Waals surface area (Å²) in [7, 11) is 2.02. The van der Waals surface area contributed by atoms with E-state index in [0.29, 0.717) is 6.04 Å². The molecule has 0 aliphatic rings. The van der Waals surface area contributed by atoms with E-state index in [1.165, 1.54) is 26.7 Å². The molecule has 2 heteroatoms. The second-order valence-electron chi connectivity index (χ2n) is 5.01. The molecule has 0 spiro atoms. The number of nitrogens with one attached hydrogen (secondary N) is 1. The zero-order chi connectivity index (χ0) is 13.8. The maximum absolute atomic E-state index is 3.71. The van der Waals surface area contributed by atoms with E-state index in [2.05, 4.69) is 77.6 Å². The number of hydrogen-bond acceptors (Lipinski definition) is 1. The lowest BCUT2D eigenvalue weighted by Crippen LogP contribution is -2.19. The molecule has 0 aliphatic carbocycles. The Morgan fingerprint density at radius 2 is 1.84 bits per heavy atom. The Bertz CT molecular complexity index is 563. The van der Waals surface area contributed by atoms with Crippen LogP contribution in [0.3, 0.4) is 0 Å². The van der Waals surface area contributed by atoms with E-state index in [1.54, 1.807) is 0 Å². The molecule has 0 amide bonds. The minimum atomic E-state index is 0.330. The van der Waals surface area contributed by atoms with Crippen molar-refractivity contribution in [1.29, 1.82) is 0 Å². The molecule has 100 valence electrons. The molecule has 1 nitrogen and oxygen atoms in total. The minimum Gasteiger partial charge on any atom is -0.313 e. The Hall–Kier alpha value is -1.12. The fraction of sp³-hybridized carbons (Fsp3) is 0.294. The monoisotopic (exact) mass is 317 g/mol. The van der Waals surface area contributed by atoms with Crippen molar-refractivity contribution in [2.75, 3.05) is 7.05 Å². The van der Waals surface area contributed by atoms with Gasteiger partial charge in [0.1, 0.15) is 0 Å². The summed E-state index contributed by atoms with van der Waals surface area (Å²) in [5.41, 5.74) is 5.29. The van der Waals surface area contributed by atoms with Gasteiger partial charge in [0.25, 0.3) is 0 Å². The third kappa shape index (κ3) is 3.46. The van der Waals surface area contributed by atoms with Crippen LogP contribution in [0, 0.1) is 13.8 Å². The van der Waals surface area contributed by atoms with Crippen LogP contribution >= 0.6 is 15.9 Å². The molecule has 0 bridgehead atoms. The molecule has 2 aromatic rings. The molecule has 0 aromatic heterocycles. The standard InChI is InChI=1S/C17H20BrN/c1-12-6-4-8-14(10-12)11-16(19-3)15-9-5-7-13(2)17(15)18/h4-10,16,19H,11H2,1-3H3. The summed E-state index contributed by atoms with van der Waals surface area (Å²) in [6.07, 6.45) is 1.00. The van der Waals surface area contributed by atoms with Gasteiger partial charge < -0.3 is 5.32 Å². The van der Waals surface area contributed by atoms with Crippen LogP contribution in [0.25, 0.3) is 0 Å². The van der Waals surface area contributed by atoms with Gasteiger partial charge in [0, 0.05) is 10.5 Å². The fourth-order valence-electron chi connectivity index (χ4n) is 2.38. The Kier molecular flexibility index (Phi) is 4.78. The van der Waals surface area contributed by atoms with Crippen LogP contribution in [0.2, 0.25) is 0 Å². The molecule has 1 unspecified atom stereocenters. The SMILES string of the molecule is CNC(Cc1cccc(C)c1)c1cccc(C)c1Br. The van der Waals surface area contributed by atoms with Gasteiger partial charge in [-0.15, -0.1) is 0 Å². The molecule has 0 aliphatic heterocycles. The molecule has 2 aromatic carbocycles. The topological polar surface area (TPSA) is 12.0 Å². The van der Waals surface area contributed by atoms with Crippen molar-refractivity contribution in [1.82, 2.24) is 5.32 Å². The molecular weight excluding hydrogens is 298 g/mol. The third-order valence-corrected chi connectivity index (χ3v) is 4.55. The van der Waals surface area contributed by atoms with E-state index in [9.17, 15) is 0 Å². The Morgan fingerprint density at radius 1 is 1.11 bits per heavy atom. The molecule has 1 atom stereocenters. The van der Waals surface area contributed by atoms with Gasteiger partial charge in [0.15, 0.2) is 0 Å². The van der Waals surface area contributed by atoms with Gasteiger partial charge >= 0.3 is 0 Å². The molecule has 0 saturated heterocycles. The van der Waals surface area contributed by atoms with Crippen LogP contribution in [0.4, 0.5) is 0 Å². The molecule has 0 heterocycles. The molecule has 19 heavy (non-hydrogen) atoms. The first kappa shape index (κ1) is 14.3. The summed E-state index contributed by atoms with van der Waals surface area (Å²) in [5, 5.41) is 3.42. The van der Waals surface area contributed by atoms with Crippen LogP contribution in [-0.2, 0) is 6.42 Å². The van der Waals surface area contributed by atoms with Gasteiger partial charge in [-0.2, -0.15) is 0 Å². The molecule has 0 radical (unpaired) electrons. The lowest BCUT2D eigenvalue weighted by molar-refractivity contribution is 0.589. The minimum absolute atomic E-state index is 0.330. The van der Waals surface area contributed by atoms with Gasteiger partial charge in [-0.05, 0) is 44.0 Å². The lowest BCUT2D eigenvalue weighted by atomic mass is 9.97. The average Bonchev–Trinajstić information content (AvgIpc) is 2.40. The summed E-state index contributed by atoms with van der Waals surface area (Å²) in [6, 6.07) is 15.5. The highest BCUT2D eigenvalue weighted by molar-refractivity contribution is 9.10. The maximum Gasteiger partial charge on any atom is 0.0369 e. The van der Waals surface area contributed by atoms with Crippen molar-refractivity contribution in [3.63, 3.8) is 0 Å². The summed E-state index contributed by atoms with van der Waals surface area (Å²) in [5.74, 6) is 0. The van der Waals surface area contributed by atoms with Crippen molar-refractivity contribution < 1.29 is 0 Å². The van der Waals surface area contributed by atoms with E-state index in [-0.39, 0.29) is 0 Å². The first-order valence-corrected chi connectivity index (χ1v) is 7.39. The van der Waals surface area contributed by atoms with Crippen LogP contribution in [0.5, 0.6) is 0 Å². The predicted octanol–water partition coefficient (Wildman–Crippen LogP) is 4.57. The number of rotatable bonds is 4. The first-order valence-electron chi connectivity index (χ1n) is 6.59. The normalized spacial score (nSPS) is 12.4. The van der Waals surface area contributed by atoms with E-state index in [0.717, 1.165) is 6.42 Å². The maximum atomic E-state index is 3.71. The van der Waals surface area contributed by atoms with Gasteiger partial charge in [-0.1, -0.05) is 64.0 Å². The smallest absolute Gasteiger partial charge is 0.0369 e. The second-order valence-corrected chi connectivity index (χ2v) is 5.81. The fourth-order valence-corrected chi connectivity index (χ4v) is 2.92. The van der Waals surface area contributed by atoms with Gasteiger partial charge in [-0.25, -0.2) is 0 Å². The summed E-state index contributed by atoms with van der Waals surface area (Å²) >= 11 is 3.71. The molecule has 0 saturated carbocycles. The van der Waals surface area contributed by atoms with Crippen molar-refractivity contribution in [2.24, 2.45) is 0 Å². The molecule has 2 rings (SSSR count). The molecule has 0 fully saturated rings. The highest BCUT2D eigenvalue weighted by Gasteiger charge is 2.14. The van der Waals surface area contributed by atoms with E-state index < -0.39 is 0 Å². The van der Waals surface area contributed by atoms with Gasteiger partial charge in [0.2, 0.25) is 0 Å². The van der Waals surface area contributed by atoms with Crippen molar-refractivity contribution in [3.05, 3.63) is 69.2 Å². The third-order valence-electron chi connectivity index (χ3n) is 3.47. The zero-order valence-corrected chi connectivity index (χ0v) is 13.3. The molecule has 1 N–H and O–H groups in total. The number of hydrogen-bond donors (Lipinski definition) is 1. The van der Waals surface area contributed by atoms with Gasteiger partial charge in [-0.3, -0.25) is 0 Å². The van der Waals surface area contributed by atoms with Crippen molar-refractivity contribution in [3.8, 4) is 0 Å². The quantitative estimate of drug-likeness (QED) is 0.871. The van der Waals surface area contributed by atoms with Crippen molar-refractivity contribution >= 4 is 15.9 Å². The van der Waals surface area contributed by atoms with Crippen LogP contribution < -0.4 is 5.32 Å². The second kappa shape index (κ2) is 6.36. The predicted molar refractivity (Wildman–Crippen MR) is 85.6 cm³/mol. The van der Waals surface area contributed by atoms with E-state index in [1.807, 2.05) is 7.05 Å². The number of likely N-dealkylation sites (N-methyl/N-ethyl adjacent to an activating group) is 1. The summed E-state index contributed by atoms with van der Waals surface area (Å²) < 4.78 is 1.21.